The Morgan fingerprint density at radius 2 is 1.59 bits per heavy atom. The molecule has 1 saturated heterocycles. The fourth-order valence-corrected chi connectivity index (χ4v) is 4.44. The van der Waals surface area contributed by atoms with Crippen molar-refractivity contribution in [1.29, 1.82) is 0 Å². The summed E-state index contributed by atoms with van der Waals surface area (Å²) in [6.07, 6.45) is 0.830. The maximum Gasteiger partial charge on any atom is 0.318 e. The molecule has 1 aliphatic heterocycles. The molecule has 0 aromatic heterocycles. The van der Waals surface area contributed by atoms with Gasteiger partial charge in [-0.1, -0.05) is 54.6 Å². The number of aliphatic hydroxyl groups is 1. The second-order valence-electron chi connectivity index (χ2n) is 8.84. The molecule has 170 valence electrons. The molecule has 2 aromatic carbocycles. The van der Waals surface area contributed by atoms with Crippen molar-refractivity contribution in [3.8, 4) is 0 Å². The van der Waals surface area contributed by atoms with E-state index in [0.717, 1.165) is 29.8 Å². The molecule has 1 heterocycles. The SMILES string of the molecule is CN1CCN(C(=O)N[C@@H](Cc2ccccc2)C(=O)N[C@@H]2Cc3ccccc3C[C@H]2O)CC1. The predicted molar refractivity (Wildman–Crippen MR) is 123 cm³/mol. The van der Waals surface area contributed by atoms with Crippen LogP contribution in [0.1, 0.15) is 16.7 Å². The van der Waals surface area contributed by atoms with Crippen LogP contribution in [0.25, 0.3) is 0 Å². The highest BCUT2D eigenvalue weighted by Crippen LogP contribution is 2.22. The summed E-state index contributed by atoms with van der Waals surface area (Å²) in [5.41, 5.74) is 3.24. The summed E-state index contributed by atoms with van der Waals surface area (Å²) in [7, 11) is 2.04. The van der Waals surface area contributed by atoms with Crippen molar-refractivity contribution in [2.24, 2.45) is 0 Å². The zero-order valence-electron chi connectivity index (χ0n) is 18.5. The number of benzene rings is 2. The van der Waals surface area contributed by atoms with E-state index < -0.39 is 12.1 Å². The van der Waals surface area contributed by atoms with Gasteiger partial charge in [-0.3, -0.25) is 4.79 Å². The van der Waals surface area contributed by atoms with Crippen LogP contribution in [0.2, 0.25) is 0 Å². The third-order valence-electron chi connectivity index (χ3n) is 6.47. The normalized spacial score (nSPS) is 22.0. The van der Waals surface area contributed by atoms with Crippen LogP contribution in [-0.4, -0.2) is 78.3 Å². The fourth-order valence-electron chi connectivity index (χ4n) is 4.44. The van der Waals surface area contributed by atoms with E-state index in [0.29, 0.717) is 32.4 Å². The van der Waals surface area contributed by atoms with Crippen LogP contribution in [0, 0.1) is 0 Å². The number of carbonyl (C=O) groups excluding carboxylic acids is 2. The lowest BCUT2D eigenvalue weighted by molar-refractivity contribution is -0.124. The number of carbonyl (C=O) groups is 2. The topological polar surface area (TPSA) is 84.9 Å². The summed E-state index contributed by atoms with van der Waals surface area (Å²) in [4.78, 5) is 30.1. The highest BCUT2D eigenvalue weighted by molar-refractivity contribution is 5.87. The van der Waals surface area contributed by atoms with Gasteiger partial charge >= 0.3 is 6.03 Å². The average molecular weight is 437 g/mol. The average Bonchev–Trinajstić information content (AvgIpc) is 2.80. The minimum Gasteiger partial charge on any atom is -0.391 e. The second kappa shape index (κ2) is 10.1. The number of hydrogen-bond acceptors (Lipinski definition) is 4. The molecule has 0 saturated carbocycles. The summed E-state index contributed by atoms with van der Waals surface area (Å²) in [5, 5.41) is 16.6. The highest BCUT2D eigenvalue weighted by atomic mass is 16.3. The molecule has 0 radical (unpaired) electrons. The number of rotatable bonds is 5. The number of amides is 3. The van der Waals surface area contributed by atoms with Gasteiger partial charge in [-0.05, 0) is 30.2 Å². The van der Waals surface area contributed by atoms with Crippen LogP contribution >= 0.6 is 0 Å². The molecule has 1 fully saturated rings. The number of fused-ring (bicyclic) bond motifs is 1. The van der Waals surface area contributed by atoms with Gasteiger partial charge in [-0.15, -0.1) is 0 Å². The van der Waals surface area contributed by atoms with E-state index >= 15 is 0 Å². The Labute approximate surface area is 189 Å². The molecule has 7 heteroatoms. The lowest BCUT2D eigenvalue weighted by Gasteiger charge is -2.34. The number of urea groups is 1. The first-order chi connectivity index (χ1) is 15.5. The van der Waals surface area contributed by atoms with Crippen molar-refractivity contribution in [1.82, 2.24) is 20.4 Å². The first-order valence-corrected chi connectivity index (χ1v) is 11.3. The van der Waals surface area contributed by atoms with Crippen LogP contribution in [-0.2, 0) is 24.1 Å². The number of aliphatic hydroxyl groups excluding tert-OH is 1. The summed E-state index contributed by atoms with van der Waals surface area (Å²) in [6.45, 7) is 2.91. The minimum atomic E-state index is -0.714. The van der Waals surface area contributed by atoms with Gasteiger partial charge in [-0.2, -0.15) is 0 Å². The van der Waals surface area contributed by atoms with Gasteiger partial charge in [-0.25, -0.2) is 4.79 Å². The van der Waals surface area contributed by atoms with Crippen molar-refractivity contribution in [3.63, 3.8) is 0 Å². The molecule has 1 aliphatic carbocycles. The molecule has 7 nitrogen and oxygen atoms in total. The van der Waals surface area contributed by atoms with Crippen LogP contribution in [0.3, 0.4) is 0 Å². The Hall–Kier alpha value is -2.90. The molecule has 2 aliphatic rings. The number of nitrogens with zero attached hydrogens (tertiary/aromatic N) is 2. The molecule has 3 amide bonds. The standard InChI is InChI=1S/C25H32N4O3/c1-28-11-13-29(14-12-28)25(32)27-22(15-18-7-3-2-4-8-18)24(31)26-21-16-19-9-5-6-10-20(19)17-23(21)30/h2-10,21-23,30H,11-17H2,1H3,(H,26,31)(H,27,32)/t21-,22+,23-/m1/s1. The second-order valence-corrected chi connectivity index (χ2v) is 8.84. The van der Waals surface area contributed by atoms with Crippen molar-refractivity contribution in [2.45, 2.75) is 37.5 Å². The predicted octanol–water partition coefficient (Wildman–Crippen LogP) is 1.20. The summed E-state index contributed by atoms with van der Waals surface area (Å²) < 4.78 is 0. The smallest absolute Gasteiger partial charge is 0.318 e. The fraction of sp³-hybridized carbons (Fsp3) is 0.440. The highest BCUT2D eigenvalue weighted by Gasteiger charge is 2.31. The van der Waals surface area contributed by atoms with Gasteiger partial charge in [0.05, 0.1) is 12.1 Å². The van der Waals surface area contributed by atoms with Crippen molar-refractivity contribution < 1.29 is 14.7 Å². The van der Waals surface area contributed by atoms with Gasteiger partial charge in [0.15, 0.2) is 0 Å². The number of piperazine rings is 1. The lowest BCUT2D eigenvalue weighted by Crippen LogP contribution is -2.58. The van der Waals surface area contributed by atoms with Gasteiger partial charge in [0, 0.05) is 39.0 Å². The molecule has 0 unspecified atom stereocenters. The third-order valence-corrected chi connectivity index (χ3v) is 6.47. The van der Waals surface area contributed by atoms with Crippen molar-refractivity contribution in [3.05, 3.63) is 71.3 Å². The maximum absolute atomic E-state index is 13.3. The molecule has 32 heavy (non-hydrogen) atoms. The summed E-state index contributed by atoms with van der Waals surface area (Å²) in [6, 6.07) is 16.4. The van der Waals surface area contributed by atoms with Crippen LogP contribution in [0.15, 0.2) is 54.6 Å². The van der Waals surface area contributed by atoms with Gasteiger partial charge < -0.3 is 25.5 Å². The van der Waals surface area contributed by atoms with Crippen LogP contribution in [0.5, 0.6) is 0 Å². The molecule has 0 spiro atoms. The zero-order chi connectivity index (χ0) is 22.5. The minimum absolute atomic E-state index is 0.219. The van der Waals surface area contributed by atoms with E-state index in [9.17, 15) is 14.7 Å². The molecule has 0 bridgehead atoms. The largest absolute Gasteiger partial charge is 0.391 e. The Balaban J connectivity index is 1.45. The van der Waals surface area contributed by atoms with Crippen LogP contribution in [0.4, 0.5) is 4.79 Å². The van der Waals surface area contributed by atoms with E-state index in [2.05, 4.69) is 15.5 Å². The maximum atomic E-state index is 13.3. The molecule has 2 aromatic rings. The summed E-state index contributed by atoms with van der Waals surface area (Å²) >= 11 is 0. The van der Waals surface area contributed by atoms with E-state index in [4.69, 9.17) is 0 Å². The first kappa shape index (κ1) is 22.3. The van der Waals surface area contributed by atoms with Gasteiger partial charge in [0.1, 0.15) is 6.04 Å². The molecular formula is C25H32N4O3. The lowest BCUT2D eigenvalue weighted by atomic mass is 9.86. The van der Waals surface area contributed by atoms with Gasteiger partial charge in [0.25, 0.3) is 0 Å². The molecule has 4 rings (SSSR count). The Bertz CT molecular complexity index is 928. The molecule has 3 atom stereocenters. The Kier molecular flexibility index (Phi) is 7.07. The number of hydrogen-bond donors (Lipinski definition) is 3. The quantitative estimate of drug-likeness (QED) is 0.658. The van der Waals surface area contributed by atoms with Gasteiger partial charge in [0.2, 0.25) is 5.91 Å². The van der Waals surface area contributed by atoms with Crippen molar-refractivity contribution >= 4 is 11.9 Å². The third kappa shape index (κ3) is 5.47. The van der Waals surface area contributed by atoms with E-state index in [1.807, 2.05) is 61.6 Å². The first-order valence-electron chi connectivity index (χ1n) is 11.3. The van der Waals surface area contributed by atoms with Crippen LogP contribution < -0.4 is 10.6 Å². The van der Waals surface area contributed by atoms with E-state index in [-0.39, 0.29) is 18.0 Å². The Morgan fingerprint density at radius 1 is 0.969 bits per heavy atom. The molecular weight excluding hydrogens is 404 g/mol. The number of nitrogens with one attached hydrogen (secondary N) is 2. The summed E-state index contributed by atoms with van der Waals surface area (Å²) in [5.74, 6) is -0.264. The Morgan fingerprint density at radius 3 is 2.28 bits per heavy atom. The van der Waals surface area contributed by atoms with Crippen molar-refractivity contribution in [2.75, 3.05) is 33.2 Å². The van der Waals surface area contributed by atoms with E-state index in [1.165, 1.54) is 0 Å². The zero-order valence-corrected chi connectivity index (χ0v) is 18.5. The number of likely N-dealkylation sites (N-methyl/N-ethyl adjacent to an activating group) is 1. The van der Waals surface area contributed by atoms with E-state index in [1.54, 1.807) is 4.90 Å². The monoisotopic (exact) mass is 436 g/mol. The molecule has 3 N–H and O–H groups in total.